The van der Waals surface area contributed by atoms with Crippen molar-refractivity contribution < 1.29 is 0 Å². The highest BCUT2D eigenvalue weighted by Gasteiger charge is 2.68. The number of nitrogens with zero attached hydrogens (tertiary/aromatic N) is 4. The molecule has 2 bridgehead atoms. The van der Waals surface area contributed by atoms with Gasteiger partial charge in [0, 0.05) is 0 Å². The molecule has 1 heterocycles. The summed E-state index contributed by atoms with van der Waals surface area (Å²) in [5, 5.41) is 17.3. The van der Waals surface area contributed by atoms with Crippen LogP contribution in [-0.2, 0) is 6.54 Å². The van der Waals surface area contributed by atoms with Crippen LogP contribution < -0.4 is 0 Å². The summed E-state index contributed by atoms with van der Waals surface area (Å²) in [5.41, 5.74) is 1.37. The summed E-state index contributed by atoms with van der Waals surface area (Å²) in [7, 11) is 0. The van der Waals surface area contributed by atoms with Gasteiger partial charge in [0.15, 0.2) is 0 Å². The lowest BCUT2D eigenvalue weighted by Crippen LogP contribution is -2.62. The van der Waals surface area contributed by atoms with E-state index in [4.69, 9.17) is 5.26 Å². The van der Waals surface area contributed by atoms with Crippen LogP contribution >= 0.6 is 0 Å². The molecule has 0 unspecified atom stereocenters. The number of hydrogen-bond donors (Lipinski definition) is 0. The number of rotatable bonds is 2. The lowest BCUT2D eigenvalue weighted by Gasteiger charge is -2.66. The highest BCUT2D eigenvalue weighted by Crippen LogP contribution is 2.73. The van der Waals surface area contributed by atoms with Crippen LogP contribution in [0.25, 0.3) is 0 Å². The topological polar surface area (TPSA) is 54.5 Å². The van der Waals surface area contributed by atoms with Crippen LogP contribution in [0.1, 0.15) is 25.0 Å². The molecule has 0 atom stereocenters. The van der Waals surface area contributed by atoms with E-state index in [1.165, 1.54) is 0 Å². The molecule has 14 heavy (non-hydrogen) atoms. The zero-order chi connectivity index (χ0) is 9.81. The molecule has 0 saturated heterocycles. The van der Waals surface area contributed by atoms with Crippen molar-refractivity contribution in [3.05, 3.63) is 11.9 Å². The van der Waals surface area contributed by atoms with E-state index in [1.807, 2.05) is 6.92 Å². The maximum atomic E-state index is 8.88. The Hall–Kier alpha value is -1.37. The second-order valence-electron chi connectivity index (χ2n) is 4.94. The summed E-state index contributed by atoms with van der Waals surface area (Å²) in [5.74, 6) is 0. The van der Waals surface area contributed by atoms with Crippen molar-refractivity contribution in [2.45, 2.75) is 32.7 Å². The molecule has 0 aliphatic heterocycles. The SMILES string of the molecule is Cc1cnn(CC23CC(C#N)(C2)C3)n1. The molecule has 0 amide bonds. The lowest BCUT2D eigenvalue weighted by atomic mass is 9.36. The molecule has 4 rings (SSSR count). The van der Waals surface area contributed by atoms with Crippen LogP contribution in [0.5, 0.6) is 0 Å². The molecule has 4 nitrogen and oxygen atoms in total. The van der Waals surface area contributed by atoms with Gasteiger partial charge in [-0.25, -0.2) is 0 Å². The first-order valence-corrected chi connectivity index (χ1v) is 4.94. The normalized spacial score (nSPS) is 38.3. The third-order valence-electron chi connectivity index (χ3n) is 3.51. The minimum atomic E-state index is 0.0438. The van der Waals surface area contributed by atoms with Crippen LogP contribution in [-0.4, -0.2) is 15.0 Å². The van der Waals surface area contributed by atoms with Crippen molar-refractivity contribution in [2.24, 2.45) is 10.8 Å². The van der Waals surface area contributed by atoms with Crippen molar-refractivity contribution in [1.29, 1.82) is 5.26 Å². The largest absolute Gasteiger partial charge is 0.198 e. The standard InChI is InChI=1S/C10H12N4/c1-8-2-12-14(13-8)7-10-3-9(4-10,5-10)6-11/h2H,3-5,7H2,1H3. The fourth-order valence-corrected chi connectivity index (χ4v) is 3.04. The zero-order valence-electron chi connectivity index (χ0n) is 8.19. The Morgan fingerprint density at radius 2 is 2.29 bits per heavy atom. The smallest absolute Gasteiger partial charge is 0.0796 e. The number of aromatic nitrogens is 3. The van der Waals surface area contributed by atoms with E-state index >= 15 is 0 Å². The minimum absolute atomic E-state index is 0.0438. The average Bonchev–Trinajstić information content (AvgIpc) is 2.41. The Morgan fingerprint density at radius 1 is 1.57 bits per heavy atom. The number of aryl methyl sites for hydroxylation is 1. The molecule has 4 heteroatoms. The van der Waals surface area contributed by atoms with Crippen LogP contribution in [0.3, 0.4) is 0 Å². The van der Waals surface area contributed by atoms with Crippen molar-refractivity contribution in [2.75, 3.05) is 0 Å². The molecule has 3 aliphatic carbocycles. The van der Waals surface area contributed by atoms with Gasteiger partial charge >= 0.3 is 0 Å². The van der Waals surface area contributed by atoms with Gasteiger partial charge in [0.05, 0.1) is 29.9 Å². The summed E-state index contributed by atoms with van der Waals surface area (Å²) in [6.45, 7) is 2.84. The van der Waals surface area contributed by atoms with E-state index in [0.717, 1.165) is 31.5 Å². The van der Waals surface area contributed by atoms with Gasteiger partial charge in [0.2, 0.25) is 0 Å². The van der Waals surface area contributed by atoms with Gasteiger partial charge in [-0.15, -0.1) is 0 Å². The van der Waals surface area contributed by atoms with Gasteiger partial charge in [0.1, 0.15) is 0 Å². The van der Waals surface area contributed by atoms with Crippen molar-refractivity contribution in [3.63, 3.8) is 0 Å². The van der Waals surface area contributed by atoms with Gasteiger partial charge in [-0.1, -0.05) is 0 Å². The fourth-order valence-electron chi connectivity index (χ4n) is 3.04. The van der Waals surface area contributed by atoms with Crippen molar-refractivity contribution >= 4 is 0 Å². The first-order chi connectivity index (χ1) is 6.65. The lowest BCUT2D eigenvalue weighted by molar-refractivity contribution is -0.175. The van der Waals surface area contributed by atoms with Gasteiger partial charge in [-0.05, 0) is 31.6 Å². The van der Waals surface area contributed by atoms with Crippen LogP contribution in [0.4, 0.5) is 0 Å². The Kier molecular flexibility index (Phi) is 1.23. The highest BCUT2D eigenvalue weighted by atomic mass is 15.5. The molecule has 3 saturated carbocycles. The van der Waals surface area contributed by atoms with E-state index in [2.05, 4.69) is 16.3 Å². The molecule has 1 aromatic rings. The molecule has 0 radical (unpaired) electrons. The molecule has 3 fully saturated rings. The predicted octanol–water partition coefficient (Wildman–Crippen LogP) is 1.28. The molecule has 0 spiro atoms. The molecular weight excluding hydrogens is 176 g/mol. The van der Waals surface area contributed by atoms with Gasteiger partial charge in [-0.2, -0.15) is 20.3 Å². The first kappa shape index (κ1) is 7.98. The van der Waals surface area contributed by atoms with Crippen LogP contribution in [0, 0.1) is 29.1 Å². The molecule has 3 aliphatic rings. The van der Waals surface area contributed by atoms with Crippen molar-refractivity contribution in [3.8, 4) is 6.07 Å². The molecule has 0 aromatic carbocycles. The van der Waals surface area contributed by atoms with Gasteiger partial charge in [0.25, 0.3) is 0 Å². The summed E-state index contributed by atoms with van der Waals surface area (Å²) < 4.78 is 0. The van der Waals surface area contributed by atoms with Gasteiger partial charge in [-0.3, -0.25) is 0 Å². The van der Waals surface area contributed by atoms with E-state index in [9.17, 15) is 0 Å². The Morgan fingerprint density at radius 3 is 2.79 bits per heavy atom. The third-order valence-corrected chi connectivity index (χ3v) is 3.51. The summed E-state index contributed by atoms with van der Waals surface area (Å²) >= 11 is 0. The monoisotopic (exact) mass is 188 g/mol. The maximum Gasteiger partial charge on any atom is 0.0796 e. The van der Waals surface area contributed by atoms with Crippen LogP contribution in [0.15, 0.2) is 6.20 Å². The number of nitriles is 1. The predicted molar refractivity (Wildman–Crippen MR) is 49.1 cm³/mol. The van der Waals surface area contributed by atoms with E-state index in [-0.39, 0.29) is 5.41 Å². The molecule has 72 valence electrons. The zero-order valence-corrected chi connectivity index (χ0v) is 8.19. The van der Waals surface area contributed by atoms with E-state index < -0.39 is 0 Å². The summed E-state index contributed by atoms with van der Waals surface area (Å²) in [6.07, 6.45) is 4.94. The van der Waals surface area contributed by atoms with E-state index in [1.54, 1.807) is 11.0 Å². The summed E-state index contributed by atoms with van der Waals surface area (Å²) in [6, 6.07) is 2.41. The van der Waals surface area contributed by atoms with Crippen LogP contribution in [0.2, 0.25) is 0 Å². The fraction of sp³-hybridized carbons (Fsp3) is 0.700. The maximum absolute atomic E-state index is 8.88. The minimum Gasteiger partial charge on any atom is -0.198 e. The summed E-state index contributed by atoms with van der Waals surface area (Å²) in [4.78, 5) is 1.77. The highest BCUT2D eigenvalue weighted by molar-refractivity contribution is 5.25. The molecule has 1 aromatic heterocycles. The van der Waals surface area contributed by atoms with Gasteiger partial charge < -0.3 is 0 Å². The average molecular weight is 188 g/mol. The molecular formula is C10H12N4. The van der Waals surface area contributed by atoms with Crippen molar-refractivity contribution in [1.82, 2.24) is 15.0 Å². The molecule has 0 N–H and O–H groups in total. The second kappa shape index (κ2) is 2.17. The Balaban J connectivity index is 1.70. The third kappa shape index (κ3) is 0.872. The van der Waals surface area contributed by atoms with E-state index in [0.29, 0.717) is 5.41 Å². The second-order valence-corrected chi connectivity index (χ2v) is 4.94. The first-order valence-electron chi connectivity index (χ1n) is 4.94. The Labute approximate surface area is 82.5 Å². The quantitative estimate of drug-likeness (QED) is 0.702. The number of hydrogen-bond acceptors (Lipinski definition) is 3. The Bertz CT molecular complexity index is 406.